The molecule has 0 fully saturated rings. The zero-order valence-electron chi connectivity index (χ0n) is 11.0. The lowest BCUT2D eigenvalue weighted by Crippen LogP contribution is -2.09. The van der Waals surface area contributed by atoms with Gasteiger partial charge in [-0.2, -0.15) is 0 Å². The number of rotatable bonds is 7. The molecule has 0 saturated carbocycles. The number of thiazole rings is 1. The van der Waals surface area contributed by atoms with E-state index in [0.717, 1.165) is 42.0 Å². The fourth-order valence-corrected chi connectivity index (χ4v) is 2.53. The Labute approximate surface area is 121 Å². The summed E-state index contributed by atoms with van der Waals surface area (Å²) >= 11 is 3.16. The molecule has 0 bridgehead atoms. The number of hydrogen-bond acceptors (Lipinski definition) is 7. The summed E-state index contributed by atoms with van der Waals surface area (Å²) in [5.41, 5.74) is 2.97. The molecule has 0 aromatic carbocycles. The smallest absolute Gasteiger partial charge is 0.191 e. The summed E-state index contributed by atoms with van der Waals surface area (Å²) in [5, 5.41) is 9.37. The first-order chi connectivity index (χ1) is 9.31. The van der Waals surface area contributed by atoms with E-state index in [-0.39, 0.29) is 0 Å². The molecule has 2 rings (SSSR count). The van der Waals surface area contributed by atoms with Crippen molar-refractivity contribution in [1.29, 1.82) is 0 Å². The average Bonchev–Trinajstić information content (AvgIpc) is 2.92. The topological polar surface area (TPSA) is 62.7 Å². The summed E-state index contributed by atoms with van der Waals surface area (Å²) < 4.78 is 0. The van der Waals surface area contributed by atoms with Crippen LogP contribution in [0.2, 0.25) is 0 Å². The number of nitrogens with one attached hydrogen (secondary N) is 2. The maximum Gasteiger partial charge on any atom is 0.191 e. The average molecular weight is 295 g/mol. The minimum atomic E-state index is 0.773. The van der Waals surface area contributed by atoms with Crippen LogP contribution in [0.1, 0.15) is 12.6 Å². The van der Waals surface area contributed by atoms with Crippen LogP contribution in [-0.4, -0.2) is 34.3 Å². The second kappa shape index (κ2) is 7.30. The third kappa shape index (κ3) is 4.36. The number of hydrogen-bond donors (Lipinski definition) is 2. The van der Waals surface area contributed by atoms with Crippen molar-refractivity contribution in [2.75, 3.05) is 30.0 Å². The lowest BCUT2D eigenvalue weighted by atomic mass is 10.3. The van der Waals surface area contributed by atoms with Gasteiger partial charge in [-0.3, -0.25) is 0 Å². The molecule has 2 heterocycles. The predicted molar refractivity (Wildman–Crippen MR) is 82.3 cm³/mol. The minimum absolute atomic E-state index is 0.773. The molecule has 2 aromatic rings. The van der Waals surface area contributed by atoms with E-state index in [9.17, 15) is 0 Å². The molecule has 2 aromatic heterocycles. The van der Waals surface area contributed by atoms with E-state index in [2.05, 4.69) is 37.9 Å². The highest BCUT2D eigenvalue weighted by Gasteiger charge is 2.03. The zero-order chi connectivity index (χ0) is 13.5. The fourth-order valence-electron chi connectivity index (χ4n) is 1.56. The molecular weight excluding hydrogens is 278 g/mol. The Balaban J connectivity index is 1.96. The molecule has 5 nitrogen and oxygen atoms in total. The highest BCUT2D eigenvalue weighted by molar-refractivity contribution is 7.98. The number of anilines is 2. The number of thioether (sulfide) groups is 1. The molecule has 102 valence electrons. The standard InChI is InChI=1S/C12H17N5S2/c1-3-13-10-6-11(17-12(16-10)18-2)14-5-4-9-7-19-8-15-9/h6-8H,3-5H2,1-2H3,(H2,13,14,16,17). The van der Waals surface area contributed by atoms with Crippen LogP contribution in [0.25, 0.3) is 0 Å². The van der Waals surface area contributed by atoms with Crippen molar-refractivity contribution in [2.24, 2.45) is 0 Å². The predicted octanol–water partition coefficient (Wildman–Crippen LogP) is 2.74. The van der Waals surface area contributed by atoms with E-state index in [1.165, 1.54) is 0 Å². The van der Waals surface area contributed by atoms with Crippen LogP contribution in [0.3, 0.4) is 0 Å². The maximum atomic E-state index is 4.44. The van der Waals surface area contributed by atoms with Gasteiger partial charge in [0.05, 0.1) is 11.2 Å². The fraction of sp³-hybridized carbons (Fsp3) is 0.417. The molecule has 0 radical (unpaired) electrons. The Morgan fingerprint density at radius 2 is 2.05 bits per heavy atom. The molecular formula is C12H17N5S2. The molecule has 0 aliphatic rings. The van der Waals surface area contributed by atoms with Gasteiger partial charge in [-0.1, -0.05) is 11.8 Å². The highest BCUT2D eigenvalue weighted by Crippen LogP contribution is 2.17. The van der Waals surface area contributed by atoms with Crippen LogP contribution in [0, 0.1) is 0 Å². The van der Waals surface area contributed by atoms with Gasteiger partial charge in [-0.15, -0.1) is 11.3 Å². The lowest BCUT2D eigenvalue weighted by molar-refractivity contribution is 0.926. The molecule has 0 amide bonds. The van der Waals surface area contributed by atoms with Crippen molar-refractivity contribution < 1.29 is 0 Å². The summed E-state index contributed by atoms with van der Waals surface area (Å²) in [6.45, 7) is 3.72. The zero-order valence-corrected chi connectivity index (χ0v) is 12.6. The number of aromatic nitrogens is 3. The van der Waals surface area contributed by atoms with Gasteiger partial charge in [-0.25, -0.2) is 15.0 Å². The van der Waals surface area contributed by atoms with Gasteiger partial charge in [0.15, 0.2) is 5.16 Å². The van der Waals surface area contributed by atoms with E-state index in [1.807, 2.05) is 17.8 Å². The Kier molecular flexibility index (Phi) is 5.41. The molecule has 0 spiro atoms. The van der Waals surface area contributed by atoms with Crippen molar-refractivity contribution in [3.63, 3.8) is 0 Å². The van der Waals surface area contributed by atoms with Gasteiger partial charge in [0.25, 0.3) is 0 Å². The maximum absolute atomic E-state index is 4.44. The molecule has 19 heavy (non-hydrogen) atoms. The van der Waals surface area contributed by atoms with Gasteiger partial charge < -0.3 is 10.6 Å². The van der Waals surface area contributed by atoms with Crippen molar-refractivity contribution in [3.05, 3.63) is 22.7 Å². The first-order valence-corrected chi connectivity index (χ1v) is 8.26. The minimum Gasteiger partial charge on any atom is -0.370 e. The molecule has 0 unspecified atom stereocenters. The molecule has 0 atom stereocenters. The largest absolute Gasteiger partial charge is 0.370 e. The van der Waals surface area contributed by atoms with Crippen LogP contribution < -0.4 is 10.6 Å². The van der Waals surface area contributed by atoms with Crippen molar-refractivity contribution >= 4 is 34.7 Å². The van der Waals surface area contributed by atoms with Crippen LogP contribution >= 0.6 is 23.1 Å². The molecule has 0 aliphatic carbocycles. The molecule has 0 aliphatic heterocycles. The second-order valence-electron chi connectivity index (χ2n) is 3.81. The SMILES string of the molecule is CCNc1cc(NCCc2cscn2)nc(SC)n1. The summed E-state index contributed by atoms with van der Waals surface area (Å²) in [6.07, 6.45) is 2.88. The van der Waals surface area contributed by atoms with Gasteiger partial charge in [0.2, 0.25) is 0 Å². The van der Waals surface area contributed by atoms with E-state index >= 15 is 0 Å². The van der Waals surface area contributed by atoms with Crippen LogP contribution in [0.5, 0.6) is 0 Å². The summed E-state index contributed by atoms with van der Waals surface area (Å²) in [7, 11) is 0. The van der Waals surface area contributed by atoms with Gasteiger partial charge >= 0.3 is 0 Å². The summed E-state index contributed by atoms with van der Waals surface area (Å²) in [4.78, 5) is 13.1. The Hall–Kier alpha value is -1.34. The molecule has 7 heteroatoms. The van der Waals surface area contributed by atoms with E-state index in [4.69, 9.17) is 0 Å². The van der Waals surface area contributed by atoms with Crippen LogP contribution in [0.4, 0.5) is 11.6 Å². The van der Waals surface area contributed by atoms with Crippen molar-refractivity contribution in [1.82, 2.24) is 15.0 Å². The van der Waals surface area contributed by atoms with E-state index in [0.29, 0.717) is 0 Å². The van der Waals surface area contributed by atoms with Crippen molar-refractivity contribution in [3.8, 4) is 0 Å². The van der Waals surface area contributed by atoms with Crippen LogP contribution in [-0.2, 0) is 6.42 Å². The first-order valence-electron chi connectivity index (χ1n) is 6.09. The second-order valence-corrected chi connectivity index (χ2v) is 5.30. The summed E-state index contributed by atoms with van der Waals surface area (Å²) in [5.74, 6) is 1.71. The van der Waals surface area contributed by atoms with Gasteiger partial charge in [0.1, 0.15) is 11.6 Å². The summed E-state index contributed by atoms with van der Waals surface area (Å²) in [6, 6.07) is 1.93. The quantitative estimate of drug-likeness (QED) is 0.605. The van der Waals surface area contributed by atoms with E-state index < -0.39 is 0 Å². The molecule has 0 saturated heterocycles. The Morgan fingerprint density at radius 3 is 2.68 bits per heavy atom. The van der Waals surface area contributed by atoms with Crippen LogP contribution in [0.15, 0.2) is 22.1 Å². The highest BCUT2D eigenvalue weighted by atomic mass is 32.2. The molecule has 2 N–H and O–H groups in total. The number of nitrogens with zero attached hydrogens (tertiary/aromatic N) is 3. The van der Waals surface area contributed by atoms with Gasteiger partial charge in [-0.05, 0) is 13.2 Å². The Bertz CT molecular complexity index is 501. The van der Waals surface area contributed by atoms with Crippen molar-refractivity contribution in [2.45, 2.75) is 18.5 Å². The van der Waals surface area contributed by atoms with E-state index in [1.54, 1.807) is 23.1 Å². The normalized spacial score (nSPS) is 10.4. The lowest BCUT2D eigenvalue weighted by Gasteiger charge is -2.09. The monoisotopic (exact) mass is 295 g/mol. The van der Waals surface area contributed by atoms with Gasteiger partial charge in [0, 0.05) is 31.0 Å². The third-order valence-corrected chi connectivity index (χ3v) is 3.60. The third-order valence-electron chi connectivity index (χ3n) is 2.42. The first kappa shape index (κ1) is 14.1. The Morgan fingerprint density at radius 1 is 1.26 bits per heavy atom.